The predicted octanol–water partition coefficient (Wildman–Crippen LogP) is 3.69. The number of Topliss-reactive ketones (excluding diaryl/α,β-unsaturated/α-hetero) is 1. The van der Waals surface area contributed by atoms with E-state index >= 15 is 0 Å². The van der Waals surface area contributed by atoms with Crippen LogP contribution in [0.25, 0.3) is 0 Å². The van der Waals surface area contributed by atoms with Crippen LogP contribution in [0.1, 0.15) is 45.7 Å². The van der Waals surface area contributed by atoms with Gasteiger partial charge in [-0.1, -0.05) is 36.3 Å². The van der Waals surface area contributed by atoms with Gasteiger partial charge < -0.3 is 10.1 Å². The van der Waals surface area contributed by atoms with Gasteiger partial charge in [0.05, 0.1) is 0 Å². The van der Waals surface area contributed by atoms with Gasteiger partial charge in [-0.2, -0.15) is 0 Å². The first kappa shape index (κ1) is 17.2. The van der Waals surface area contributed by atoms with Gasteiger partial charge in [-0.05, 0) is 37.1 Å². The summed E-state index contributed by atoms with van der Waals surface area (Å²) in [5.41, 5.74) is 0.0269. The quantitative estimate of drug-likeness (QED) is 0.637. The van der Waals surface area contributed by atoms with Crippen molar-refractivity contribution in [3.05, 3.63) is 52.2 Å². The number of benzene rings is 1. The van der Waals surface area contributed by atoms with E-state index in [0.29, 0.717) is 16.2 Å². The van der Waals surface area contributed by atoms with E-state index in [0.717, 1.165) is 25.7 Å². The van der Waals surface area contributed by atoms with E-state index in [1.54, 1.807) is 35.7 Å². The lowest BCUT2D eigenvalue weighted by atomic mass is 9.99. The zero-order valence-electron chi connectivity index (χ0n) is 13.8. The summed E-state index contributed by atoms with van der Waals surface area (Å²) < 4.78 is 5.59. The van der Waals surface area contributed by atoms with E-state index < -0.39 is 5.54 Å². The molecule has 1 saturated carbocycles. The van der Waals surface area contributed by atoms with Crippen molar-refractivity contribution in [3.8, 4) is 18.1 Å². The van der Waals surface area contributed by atoms with Crippen molar-refractivity contribution in [1.29, 1.82) is 0 Å². The summed E-state index contributed by atoms with van der Waals surface area (Å²) in [5.74, 6) is 2.78. The molecule has 1 fully saturated rings. The Morgan fingerprint density at radius 1 is 1.20 bits per heavy atom. The van der Waals surface area contributed by atoms with Crippen LogP contribution in [0.2, 0.25) is 0 Å². The number of rotatable bonds is 6. The van der Waals surface area contributed by atoms with E-state index in [1.165, 1.54) is 11.3 Å². The zero-order valence-corrected chi connectivity index (χ0v) is 14.6. The molecule has 1 aliphatic rings. The highest BCUT2D eigenvalue weighted by atomic mass is 32.1. The molecule has 1 heterocycles. The number of ketones is 1. The predicted molar refractivity (Wildman–Crippen MR) is 98.1 cm³/mol. The fourth-order valence-corrected chi connectivity index (χ4v) is 3.71. The molecule has 25 heavy (non-hydrogen) atoms. The SMILES string of the molecule is C#CC1(NC(=O)c2sccc2OCC(=O)c2ccccc2)CCCC1. The normalized spacial score (nSPS) is 15.3. The number of hydrogen-bond donors (Lipinski definition) is 1. The van der Waals surface area contributed by atoms with Gasteiger partial charge in [0.2, 0.25) is 0 Å². The van der Waals surface area contributed by atoms with Crippen molar-refractivity contribution in [2.24, 2.45) is 0 Å². The standard InChI is InChI=1S/C20H19NO3S/c1-2-20(11-6-7-12-20)21-19(23)18-17(10-13-25-18)24-14-16(22)15-8-4-3-5-9-15/h1,3-5,8-10,13H,6-7,11-12,14H2,(H,21,23). The van der Waals surface area contributed by atoms with Crippen molar-refractivity contribution in [2.75, 3.05) is 6.61 Å². The smallest absolute Gasteiger partial charge is 0.266 e. The zero-order chi connectivity index (χ0) is 17.7. The number of carbonyl (C=O) groups excluding carboxylic acids is 2. The second kappa shape index (κ2) is 7.54. The lowest BCUT2D eigenvalue weighted by Crippen LogP contribution is -2.44. The third-order valence-electron chi connectivity index (χ3n) is 4.38. The van der Waals surface area contributed by atoms with Crippen LogP contribution in [0.3, 0.4) is 0 Å². The molecule has 0 atom stereocenters. The minimum absolute atomic E-state index is 0.110. The van der Waals surface area contributed by atoms with E-state index in [2.05, 4.69) is 11.2 Å². The molecular weight excluding hydrogens is 334 g/mol. The Bertz CT molecular complexity index is 798. The summed E-state index contributed by atoms with van der Waals surface area (Å²) in [6.45, 7) is -0.110. The van der Waals surface area contributed by atoms with Crippen LogP contribution < -0.4 is 10.1 Å². The molecule has 3 rings (SSSR count). The molecule has 1 aromatic carbocycles. The maximum Gasteiger partial charge on any atom is 0.266 e. The molecule has 4 nitrogen and oxygen atoms in total. The van der Waals surface area contributed by atoms with Crippen molar-refractivity contribution >= 4 is 23.0 Å². The largest absolute Gasteiger partial charge is 0.484 e. The maximum absolute atomic E-state index is 12.6. The maximum atomic E-state index is 12.6. The molecule has 1 aromatic heterocycles. The average Bonchev–Trinajstić information content (AvgIpc) is 3.30. The molecule has 1 aliphatic carbocycles. The van der Waals surface area contributed by atoms with Gasteiger partial charge in [0.25, 0.3) is 5.91 Å². The first-order valence-electron chi connectivity index (χ1n) is 8.22. The van der Waals surface area contributed by atoms with E-state index in [4.69, 9.17) is 11.2 Å². The molecule has 1 N–H and O–H groups in total. The lowest BCUT2D eigenvalue weighted by molar-refractivity contribution is 0.0894. The molecular formula is C20H19NO3S. The summed E-state index contributed by atoms with van der Waals surface area (Å²) in [4.78, 5) is 25.2. The van der Waals surface area contributed by atoms with Crippen LogP contribution in [0, 0.1) is 12.3 Å². The van der Waals surface area contributed by atoms with E-state index in [1.807, 2.05) is 6.07 Å². The number of carbonyl (C=O) groups is 2. The molecule has 0 aliphatic heterocycles. The number of hydrogen-bond acceptors (Lipinski definition) is 4. The Balaban J connectivity index is 1.65. The van der Waals surface area contributed by atoms with Crippen molar-refractivity contribution in [3.63, 3.8) is 0 Å². The highest BCUT2D eigenvalue weighted by Crippen LogP contribution is 2.31. The van der Waals surface area contributed by atoms with Crippen molar-refractivity contribution in [1.82, 2.24) is 5.32 Å². The average molecular weight is 353 g/mol. The third kappa shape index (κ3) is 3.92. The van der Waals surface area contributed by atoms with Crippen molar-refractivity contribution < 1.29 is 14.3 Å². The Morgan fingerprint density at radius 2 is 1.92 bits per heavy atom. The molecule has 0 bridgehead atoms. The topological polar surface area (TPSA) is 55.4 Å². The Labute approximate surface area is 151 Å². The summed E-state index contributed by atoms with van der Waals surface area (Å²) in [6.07, 6.45) is 9.26. The fourth-order valence-electron chi connectivity index (χ4n) is 2.99. The second-order valence-electron chi connectivity index (χ2n) is 6.08. The van der Waals surface area contributed by atoms with Crippen LogP contribution in [0.5, 0.6) is 5.75 Å². The Hall–Kier alpha value is -2.58. The van der Waals surface area contributed by atoms with E-state index in [9.17, 15) is 9.59 Å². The molecule has 0 unspecified atom stereocenters. The van der Waals surface area contributed by atoms with Gasteiger partial charge in [0.1, 0.15) is 16.2 Å². The van der Waals surface area contributed by atoms with Gasteiger partial charge in [-0.3, -0.25) is 9.59 Å². The molecule has 0 spiro atoms. The first-order valence-corrected chi connectivity index (χ1v) is 9.10. The molecule has 2 aromatic rings. The number of thiophene rings is 1. The lowest BCUT2D eigenvalue weighted by Gasteiger charge is -2.24. The Morgan fingerprint density at radius 3 is 2.60 bits per heavy atom. The minimum Gasteiger partial charge on any atom is -0.484 e. The molecule has 0 radical (unpaired) electrons. The summed E-state index contributed by atoms with van der Waals surface area (Å²) in [7, 11) is 0. The number of terminal acetylenes is 1. The van der Waals surface area contributed by atoms with Gasteiger partial charge in [0.15, 0.2) is 12.4 Å². The molecule has 0 saturated heterocycles. The number of ether oxygens (including phenoxy) is 1. The summed E-state index contributed by atoms with van der Waals surface area (Å²) in [6, 6.07) is 10.6. The van der Waals surface area contributed by atoms with Gasteiger partial charge in [-0.15, -0.1) is 17.8 Å². The second-order valence-corrected chi connectivity index (χ2v) is 7.00. The number of amides is 1. The monoisotopic (exact) mass is 353 g/mol. The molecule has 128 valence electrons. The van der Waals surface area contributed by atoms with Crippen LogP contribution >= 0.6 is 11.3 Å². The third-order valence-corrected chi connectivity index (χ3v) is 5.27. The highest BCUT2D eigenvalue weighted by Gasteiger charge is 2.34. The van der Waals surface area contributed by atoms with E-state index in [-0.39, 0.29) is 18.3 Å². The van der Waals surface area contributed by atoms with Crippen LogP contribution in [-0.4, -0.2) is 23.8 Å². The molecule has 1 amide bonds. The minimum atomic E-state index is -0.557. The fraction of sp³-hybridized carbons (Fsp3) is 0.300. The van der Waals surface area contributed by atoms with Crippen LogP contribution in [-0.2, 0) is 0 Å². The van der Waals surface area contributed by atoms with Crippen LogP contribution in [0.15, 0.2) is 41.8 Å². The number of nitrogens with one attached hydrogen (secondary N) is 1. The van der Waals surface area contributed by atoms with Crippen molar-refractivity contribution in [2.45, 2.75) is 31.2 Å². The van der Waals surface area contributed by atoms with Gasteiger partial charge >= 0.3 is 0 Å². The van der Waals surface area contributed by atoms with Crippen LogP contribution in [0.4, 0.5) is 0 Å². The van der Waals surface area contributed by atoms with Gasteiger partial charge in [-0.25, -0.2) is 0 Å². The van der Waals surface area contributed by atoms with Gasteiger partial charge in [0, 0.05) is 5.56 Å². The first-order chi connectivity index (χ1) is 12.1. The summed E-state index contributed by atoms with van der Waals surface area (Å²) in [5, 5.41) is 4.75. The highest BCUT2D eigenvalue weighted by molar-refractivity contribution is 7.12. The molecule has 5 heteroatoms. The Kier molecular flexibility index (Phi) is 5.20. The summed E-state index contributed by atoms with van der Waals surface area (Å²) >= 11 is 1.28.